The van der Waals surface area contributed by atoms with Crippen molar-refractivity contribution in [3.8, 4) is 23.0 Å². The third-order valence-corrected chi connectivity index (χ3v) is 6.88. The van der Waals surface area contributed by atoms with Crippen LogP contribution in [-0.4, -0.2) is 51.0 Å². The number of nitrogens with zero attached hydrogens (tertiary/aromatic N) is 3. The molecule has 2 aliphatic rings. The predicted octanol–water partition coefficient (Wildman–Crippen LogP) is 4.96. The second-order valence-corrected chi connectivity index (χ2v) is 9.49. The maximum absolute atomic E-state index is 13.5. The molecule has 0 bridgehead atoms. The lowest BCUT2D eigenvalue weighted by atomic mass is 9.95. The lowest BCUT2D eigenvalue weighted by Crippen LogP contribution is -2.31. The molecule has 1 fully saturated rings. The first-order valence-electron chi connectivity index (χ1n) is 13.1. The molecule has 0 aliphatic carbocycles. The fourth-order valence-electron chi connectivity index (χ4n) is 5.02. The number of amides is 1. The van der Waals surface area contributed by atoms with E-state index in [4.69, 9.17) is 14.2 Å². The minimum atomic E-state index is -0.810. The van der Waals surface area contributed by atoms with Crippen molar-refractivity contribution in [3.63, 3.8) is 0 Å². The Hall–Kier alpha value is -5.05. The van der Waals surface area contributed by atoms with Crippen LogP contribution < -0.4 is 14.2 Å². The molecule has 40 heavy (non-hydrogen) atoms. The lowest BCUT2D eigenvalue weighted by molar-refractivity contribution is -0.139. The Bertz CT molecular complexity index is 1570. The monoisotopic (exact) mass is 537 g/mol. The number of para-hydroxylation sites is 1. The van der Waals surface area contributed by atoms with E-state index in [0.717, 1.165) is 0 Å². The number of aryl methyl sites for hydroxylation is 1. The first kappa shape index (κ1) is 25.2. The van der Waals surface area contributed by atoms with Gasteiger partial charge < -0.3 is 28.8 Å². The van der Waals surface area contributed by atoms with Gasteiger partial charge in [-0.15, -0.1) is 0 Å². The highest BCUT2D eigenvalue weighted by Crippen LogP contribution is 2.42. The molecule has 3 aromatic carbocycles. The number of benzene rings is 3. The van der Waals surface area contributed by atoms with Crippen molar-refractivity contribution >= 4 is 17.4 Å². The van der Waals surface area contributed by atoms with E-state index < -0.39 is 17.7 Å². The standard InChI is InChI=1S/C31H27N3O6/c35-29(22-10-11-25-26(19-22)39-17-16-38-25)27-28(21-6-4-9-24(18-21)40-23-7-2-1-3-8-23)34(31(37)30(27)36)14-5-13-33-15-12-32-20-33/h1-4,6-12,15,18-20,28,35H,5,13-14,16-17H2/b29-27+. The third-order valence-electron chi connectivity index (χ3n) is 6.88. The number of imidazole rings is 1. The van der Waals surface area contributed by atoms with Crippen LogP contribution in [-0.2, 0) is 16.1 Å². The van der Waals surface area contributed by atoms with Gasteiger partial charge in [-0.05, 0) is 54.4 Å². The number of ether oxygens (including phenoxy) is 3. The topological polar surface area (TPSA) is 103 Å². The van der Waals surface area contributed by atoms with Crippen LogP contribution >= 0.6 is 0 Å². The fraction of sp³-hybridized carbons (Fsp3) is 0.194. The van der Waals surface area contributed by atoms with Gasteiger partial charge in [-0.2, -0.15) is 0 Å². The summed E-state index contributed by atoms with van der Waals surface area (Å²) in [7, 11) is 0. The molecule has 3 heterocycles. The third kappa shape index (κ3) is 5.01. The Labute approximate surface area is 230 Å². The molecule has 0 radical (unpaired) electrons. The van der Waals surface area contributed by atoms with Gasteiger partial charge >= 0.3 is 0 Å². The molecule has 0 saturated carbocycles. The summed E-state index contributed by atoms with van der Waals surface area (Å²) < 4.78 is 19.2. The molecule has 1 amide bonds. The maximum Gasteiger partial charge on any atom is 0.295 e. The van der Waals surface area contributed by atoms with E-state index in [9.17, 15) is 14.7 Å². The van der Waals surface area contributed by atoms with Gasteiger partial charge in [-0.3, -0.25) is 9.59 Å². The van der Waals surface area contributed by atoms with Crippen molar-refractivity contribution in [2.24, 2.45) is 0 Å². The van der Waals surface area contributed by atoms with Crippen molar-refractivity contribution in [1.29, 1.82) is 0 Å². The summed E-state index contributed by atoms with van der Waals surface area (Å²) in [6.07, 6.45) is 5.83. The van der Waals surface area contributed by atoms with Gasteiger partial charge in [0.1, 0.15) is 30.5 Å². The molecule has 6 rings (SSSR count). The SMILES string of the molecule is O=C1C(=O)N(CCCn2ccnc2)C(c2cccc(Oc3ccccc3)c2)/C1=C(\O)c1ccc2c(c1)OCCO2. The van der Waals surface area contributed by atoms with E-state index in [1.165, 1.54) is 4.90 Å². The van der Waals surface area contributed by atoms with Gasteiger partial charge in [-0.25, -0.2) is 4.98 Å². The number of fused-ring (bicyclic) bond motifs is 1. The van der Waals surface area contributed by atoms with E-state index in [1.807, 2.05) is 59.3 Å². The highest BCUT2D eigenvalue weighted by atomic mass is 16.6. The molecule has 9 heteroatoms. The molecule has 1 saturated heterocycles. The number of carbonyl (C=O) groups is 2. The molecule has 1 N–H and O–H groups in total. The highest BCUT2D eigenvalue weighted by molar-refractivity contribution is 6.46. The summed E-state index contributed by atoms with van der Waals surface area (Å²) in [5.74, 6) is 0.562. The van der Waals surface area contributed by atoms with Crippen molar-refractivity contribution in [1.82, 2.24) is 14.5 Å². The van der Waals surface area contributed by atoms with E-state index in [0.29, 0.717) is 66.8 Å². The van der Waals surface area contributed by atoms with Crippen LogP contribution in [0.1, 0.15) is 23.6 Å². The van der Waals surface area contributed by atoms with Gasteiger partial charge in [0.25, 0.3) is 11.7 Å². The zero-order valence-corrected chi connectivity index (χ0v) is 21.6. The van der Waals surface area contributed by atoms with E-state index >= 15 is 0 Å². The number of aliphatic hydroxyl groups excluding tert-OH is 1. The molecule has 1 unspecified atom stereocenters. The average molecular weight is 538 g/mol. The van der Waals surface area contributed by atoms with Gasteiger partial charge in [0, 0.05) is 31.0 Å². The largest absolute Gasteiger partial charge is 0.507 e. The number of rotatable bonds is 8. The normalized spacial score (nSPS) is 17.7. The van der Waals surface area contributed by atoms with E-state index in [-0.39, 0.29) is 11.3 Å². The Morgan fingerprint density at radius 1 is 0.925 bits per heavy atom. The van der Waals surface area contributed by atoms with Crippen LogP contribution in [0.5, 0.6) is 23.0 Å². The highest BCUT2D eigenvalue weighted by Gasteiger charge is 2.46. The predicted molar refractivity (Wildman–Crippen MR) is 146 cm³/mol. The fourth-order valence-corrected chi connectivity index (χ4v) is 5.02. The molecular formula is C31H27N3O6. The van der Waals surface area contributed by atoms with E-state index in [1.54, 1.807) is 36.8 Å². The number of Topliss-reactive ketones (excluding diaryl/α,β-unsaturated/α-hetero) is 1. The van der Waals surface area contributed by atoms with Crippen molar-refractivity contribution in [3.05, 3.63) is 108 Å². The summed E-state index contributed by atoms with van der Waals surface area (Å²) in [5.41, 5.74) is 1.03. The van der Waals surface area contributed by atoms with Crippen LogP contribution in [0.15, 0.2) is 97.1 Å². The summed E-state index contributed by atoms with van der Waals surface area (Å²) in [6, 6.07) is 20.7. The number of likely N-dealkylation sites (tertiary alicyclic amines) is 1. The molecule has 2 aliphatic heterocycles. The maximum atomic E-state index is 13.5. The van der Waals surface area contributed by atoms with Crippen LogP contribution in [0.2, 0.25) is 0 Å². The second-order valence-electron chi connectivity index (χ2n) is 9.49. The minimum absolute atomic E-state index is 0.0150. The second kappa shape index (κ2) is 11.0. The number of aromatic nitrogens is 2. The number of ketones is 1. The molecule has 1 aromatic heterocycles. The summed E-state index contributed by atoms with van der Waals surface area (Å²) in [6.45, 7) is 1.74. The smallest absolute Gasteiger partial charge is 0.295 e. The summed E-state index contributed by atoms with van der Waals surface area (Å²) >= 11 is 0. The van der Waals surface area contributed by atoms with Gasteiger partial charge in [0.15, 0.2) is 11.5 Å². The molecule has 4 aromatic rings. The van der Waals surface area contributed by atoms with Crippen LogP contribution in [0, 0.1) is 0 Å². The lowest BCUT2D eigenvalue weighted by Gasteiger charge is -2.26. The summed E-state index contributed by atoms with van der Waals surface area (Å²) in [4.78, 5) is 32.4. The molecular weight excluding hydrogens is 510 g/mol. The van der Waals surface area contributed by atoms with Crippen LogP contribution in [0.4, 0.5) is 0 Å². The number of carbonyl (C=O) groups excluding carboxylic acids is 2. The van der Waals surface area contributed by atoms with E-state index in [2.05, 4.69) is 4.98 Å². The summed E-state index contributed by atoms with van der Waals surface area (Å²) in [5, 5.41) is 11.5. The van der Waals surface area contributed by atoms with Gasteiger partial charge in [0.2, 0.25) is 0 Å². The zero-order chi connectivity index (χ0) is 27.5. The Kier molecular flexibility index (Phi) is 6.93. The number of aliphatic hydroxyl groups is 1. The molecule has 9 nitrogen and oxygen atoms in total. The van der Waals surface area contributed by atoms with Crippen molar-refractivity contribution in [2.45, 2.75) is 19.0 Å². The molecule has 0 spiro atoms. The quantitative estimate of drug-likeness (QED) is 0.193. The Morgan fingerprint density at radius 2 is 1.73 bits per heavy atom. The number of hydrogen-bond donors (Lipinski definition) is 1. The molecule has 1 atom stereocenters. The van der Waals surface area contributed by atoms with Crippen molar-refractivity contribution in [2.75, 3.05) is 19.8 Å². The van der Waals surface area contributed by atoms with Crippen LogP contribution in [0.3, 0.4) is 0 Å². The average Bonchev–Trinajstić information content (AvgIpc) is 3.59. The van der Waals surface area contributed by atoms with Crippen molar-refractivity contribution < 1.29 is 28.9 Å². The minimum Gasteiger partial charge on any atom is -0.507 e. The number of hydrogen-bond acceptors (Lipinski definition) is 7. The Balaban J connectivity index is 1.38. The van der Waals surface area contributed by atoms with Crippen LogP contribution in [0.25, 0.3) is 5.76 Å². The first-order valence-corrected chi connectivity index (χ1v) is 13.1. The molecule has 202 valence electrons. The Morgan fingerprint density at radius 3 is 2.52 bits per heavy atom. The van der Waals surface area contributed by atoms with Gasteiger partial charge in [-0.1, -0.05) is 30.3 Å². The first-order chi connectivity index (χ1) is 19.6. The van der Waals surface area contributed by atoms with Gasteiger partial charge in [0.05, 0.1) is 17.9 Å². The zero-order valence-electron chi connectivity index (χ0n) is 21.6.